The second-order valence-corrected chi connectivity index (χ2v) is 8.78. The minimum absolute atomic E-state index is 0.0154. The van der Waals surface area contributed by atoms with Crippen molar-refractivity contribution in [3.8, 4) is 0 Å². The van der Waals surface area contributed by atoms with Gasteiger partial charge in [0, 0.05) is 55.8 Å². The van der Waals surface area contributed by atoms with Gasteiger partial charge < -0.3 is 20.1 Å². The number of hydrogen-bond donors (Lipinski definition) is 2. The molecule has 6 nitrogen and oxygen atoms in total. The lowest BCUT2D eigenvalue weighted by molar-refractivity contribution is 0.303. The molecule has 4 heterocycles. The number of rotatable bonds is 9. The number of thiocarbonyl (C=S) groups is 1. The fourth-order valence-electron chi connectivity index (χ4n) is 4.53. The van der Waals surface area contributed by atoms with E-state index in [2.05, 4.69) is 72.7 Å². The molecule has 0 radical (unpaired) electrons. The number of pyridine rings is 2. The van der Waals surface area contributed by atoms with E-state index in [0.29, 0.717) is 0 Å². The first-order valence-corrected chi connectivity index (χ1v) is 12.0. The Kier molecular flexibility index (Phi) is 6.81. The average Bonchev–Trinajstić information content (AvgIpc) is 3.47. The Balaban J connectivity index is 1.38. The number of anilines is 1. The Hall–Kier alpha value is -3.71. The molecule has 172 valence electrons. The topological polar surface area (TPSA) is 58.0 Å². The third-order valence-corrected chi connectivity index (χ3v) is 6.47. The maximum absolute atomic E-state index is 5.83. The molecule has 0 amide bonds. The Bertz CT molecular complexity index is 1200. The maximum atomic E-state index is 5.83. The van der Waals surface area contributed by atoms with Gasteiger partial charge in [0.1, 0.15) is 0 Å². The summed E-state index contributed by atoms with van der Waals surface area (Å²) in [6, 6.07) is 24.8. The first-order chi connectivity index (χ1) is 16.8. The summed E-state index contributed by atoms with van der Waals surface area (Å²) in [6.07, 6.45) is 8.67. The largest absolute Gasteiger partial charge is 0.385 e. The second-order valence-electron chi connectivity index (χ2n) is 8.39. The minimum atomic E-state index is -0.0154. The zero-order valence-corrected chi connectivity index (χ0v) is 19.7. The molecule has 1 aromatic carbocycles. The minimum Gasteiger partial charge on any atom is -0.385 e. The van der Waals surface area contributed by atoms with Crippen LogP contribution in [0.1, 0.15) is 35.5 Å². The highest BCUT2D eigenvalue weighted by molar-refractivity contribution is 7.80. The highest BCUT2D eigenvalue weighted by Crippen LogP contribution is 2.38. The number of benzene rings is 1. The number of nitrogens with zero attached hydrogens (tertiary/aromatic N) is 4. The van der Waals surface area contributed by atoms with Crippen molar-refractivity contribution >= 4 is 23.0 Å². The molecule has 4 aromatic rings. The third kappa shape index (κ3) is 4.94. The average molecular weight is 469 g/mol. The summed E-state index contributed by atoms with van der Waals surface area (Å²) in [5.41, 5.74) is 4.51. The van der Waals surface area contributed by atoms with Gasteiger partial charge in [0.2, 0.25) is 0 Å². The van der Waals surface area contributed by atoms with Crippen LogP contribution in [0.5, 0.6) is 0 Å². The van der Waals surface area contributed by atoms with Crippen LogP contribution in [0.3, 0.4) is 0 Å². The van der Waals surface area contributed by atoms with Gasteiger partial charge in [-0.2, -0.15) is 0 Å². The van der Waals surface area contributed by atoms with E-state index in [-0.39, 0.29) is 12.1 Å². The molecule has 1 aliphatic heterocycles. The van der Waals surface area contributed by atoms with Crippen LogP contribution in [0.4, 0.5) is 5.69 Å². The number of para-hydroxylation sites is 1. The van der Waals surface area contributed by atoms with E-state index < -0.39 is 0 Å². The molecular formula is C27H28N6S. The molecule has 1 fully saturated rings. The molecule has 0 aliphatic carbocycles. The summed E-state index contributed by atoms with van der Waals surface area (Å²) in [4.78, 5) is 11.3. The van der Waals surface area contributed by atoms with E-state index >= 15 is 0 Å². The number of nitrogens with one attached hydrogen (secondary N) is 2. The molecule has 0 bridgehead atoms. The van der Waals surface area contributed by atoms with Crippen LogP contribution in [-0.4, -0.2) is 37.6 Å². The summed E-state index contributed by atoms with van der Waals surface area (Å²) < 4.78 is 2.29. The fourth-order valence-corrected chi connectivity index (χ4v) is 4.87. The molecule has 7 heteroatoms. The predicted octanol–water partition coefficient (Wildman–Crippen LogP) is 4.80. The summed E-state index contributed by atoms with van der Waals surface area (Å²) in [5, 5.41) is 7.83. The van der Waals surface area contributed by atoms with Crippen LogP contribution < -0.4 is 10.6 Å². The Morgan fingerprint density at radius 1 is 0.941 bits per heavy atom. The Labute approximate surface area is 205 Å². The van der Waals surface area contributed by atoms with Gasteiger partial charge in [0.25, 0.3) is 0 Å². The predicted molar refractivity (Wildman–Crippen MR) is 139 cm³/mol. The van der Waals surface area contributed by atoms with Crippen molar-refractivity contribution in [3.05, 3.63) is 115 Å². The van der Waals surface area contributed by atoms with Crippen molar-refractivity contribution in [1.29, 1.82) is 0 Å². The zero-order valence-electron chi connectivity index (χ0n) is 18.9. The first-order valence-electron chi connectivity index (χ1n) is 11.6. The van der Waals surface area contributed by atoms with Crippen molar-refractivity contribution in [2.24, 2.45) is 0 Å². The highest BCUT2D eigenvalue weighted by Gasteiger charge is 2.40. The van der Waals surface area contributed by atoms with Crippen LogP contribution in [0.2, 0.25) is 0 Å². The molecular weight excluding hydrogens is 440 g/mol. The van der Waals surface area contributed by atoms with Gasteiger partial charge in [0.15, 0.2) is 5.11 Å². The van der Waals surface area contributed by atoms with Gasteiger partial charge >= 0.3 is 0 Å². The fraction of sp³-hybridized carbons (Fsp3) is 0.222. The van der Waals surface area contributed by atoms with Gasteiger partial charge in [-0.1, -0.05) is 30.3 Å². The van der Waals surface area contributed by atoms with Gasteiger partial charge in [0.05, 0.1) is 17.8 Å². The molecule has 0 spiro atoms. The van der Waals surface area contributed by atoms with Crippen molar-refractivity contribution in [1.82, 2.24) is 24.8 Å². The van der Waals surface area contributed by atoms with Crippen LogP contribution >= 0.6 is 12.2 Å². The molecule has 1 saturated heterocycles. The van der Waals surface area contributed by atoms with Crippen molar-refractivity contribution in [3.63, 3.8) is 0 Å². The number of aromatic nitrogens is 3. The van der Waals surface area contributed by atoms with E-state index in [4.69, 9.17) is 12.2 Å². The lowest BCUT2D eigenvalue weighted by Crippen LogP contribution is -2.32. The van der Waals surface area contributed by atoms with Gasteiger partial charge in [-0.25, -0.2) is 0 Å². The third-order valence-electron chi connectivity index (χ3n) is 6.12. The normalized spacial score (nSPS) is 17.5. The van der Waals surface area contributed by atoms with Crippen molar-refractivity contribution in [2.45, 2.75) is 25.0 Å². The molecule has 5 rings (SSSR count). The number of hydrogen-bond acceptors (Lipinski definition) is 4. The molecule has 2 atom stereocenters. The van der Waals surface area contributed by atoms with Crippen LogP contribution in [0, 0.1) is 0 Å². The summed E-state index contributed by atoms with van der Waals surface area (Å²) in [6.45, 7) is 2.48. The lowest BCUT2D eigenvalue weighted by Gasteiger charge is -2.29. The van der Waals surface area contributed by atoms with E-state index in [1.165, 1.54) is 11.3 Å². The summed E-state index contributed by atoms with van der Waals surface area (Å²) >= 11 is 5.83. The van der Waals surface area contributed by atoms with Gasteiger partial charge in [-0.05, 0) is 66.7 Å². The Morgan fingerprint density at radius 3 is 2.62 bits per heavy atom. The van der Waals surface area contributed by atoms with E-state index in [1.54, 1.807) is 0 Å². The van der Waals surface area contributed by atoms with Crippen LogP contribution in [0.15, 0.2) is 97.6 Å². The van der Waals surface area contributed by atoms with Crippen LogP contribution in [0.25, 0.3) is 0 Å². The van der Waals surface area contributed by atoms with Crippen molar-refractivity contribution in [2.75, 3.05) is 18.4 Å². The van der Waals surface area contributed by atoms with E-state index in [1.807, 2.05) is 55.0 Å². The summed E-state index contributed by atoms with van der Waals surface area (Å²) in [7, 11) is 0. The van der Waals surface area contributed by atoms with E-state index in [9.17, 15) is 0 Å². The molecule has 1 aliphatic rings. The Morgan fingerprint density at radius 2 is 1.82 bits per heavy atom. The molecule has 34 heavy (non-hydrogen) atoms. The molecule has 2 N–H and O–H groups in total. The smallest absolute Gasteiger partial charge is 0.170 e. The van der Waals surface area contributed by atoms with Crippen molar-refractivity contribution < 1.29 is 0 Å². The van der Waals surface area contributed by atoms with Gasteiger partial charge in [-0.3, -0.25) is 9.97 Å². The molecule has 0 unspecified atom stereocenters. The second kappa shape index (κ2) is 10.5. The SMILES string of the molecule is S=C1N[C@@H](c2ccccn2)[C@H](c2cccn2Cc2cccnc2)N1CCCNc1ccccc1. The van der Waals surface area contributed by atoms with Crippen LogP contribution in [-0.2, 0) is 6.54 Å². The zero-order chi connectivity index (χ0) is 23.2. The maximum Gasteiger partial charge on any atom is 0.170 e. The quantitative estimate of drug-likeness (QED) is 0.272. The molecule has 0 saturated carbocycles. The summed E-state index contributed by atoms with van der Waals surface area (Å²) in [5.74, 6) is 0. The molecule has 3 aromatic heterocycles. The standard InChI is InChI=1S/C27H28N6S/c34-27-31-25(23-12-4-5-15-30-23)26(33(27)18-8-16-29-22-10-2-1-3-11-22)24-13-7-17-32(24)20-21-9-6-14-28-19-21/h1-7,9-15,17,19,25-26,29H,8,16,18,20H2,(H,31,34)/t25-,26-/m0/s1. The van der Waals surface area contributed by atoms with E-state index in [0.717, 1.165) is 42.5 Å². The lowest BCUT2D eigenvalue weighted by atomic mass is 10.0. The highest BCUT2D eigenvalue weighted by atomic mass is 32.1. The monoisotopic (exact) mass is 468 g/mol. The first kappa shape index (κ1) is 22.1. The van der Waals surface area contributed by atoms with Gasteiger partial charge in [-0.15, -0.1) is 0 Å².